The van der Waals surface area contributed by atoms with E-state index < -0.39 is 0 Å². The lowest BCUT2D eigenvalue weighted by atomic mass is 9.47. The number of fused-ring (bicyclic) bond motifs is 6. The first kappa shape index (κ1) is 22.9. The van der Waals surface area contributed by atoms with Crippen LogP contribution in [0.2, 0.25) is 0 Å². The Morgan fingerprint density at radius 1 is 1.09 bits per heavy atom. The lowest BCUT2D eigenvalue weighted by Crippen LogP contribution is -2.59. The van der Waals surface area contributed by atoms with Gasteiger partial charge < -0.3 is 19.7 Å². The molecule has 1 aromatic carbocycles. The number of benzene rings is 1. The van der Waals surface area contributed by atoms with E-state index in [0.717, 1.165) is 55.6 Å². The summed E-state index contributed by atoms with van der Waals surface area (Å²) in [5.41, 5.74) is 1.28. The Morgan fingerprint density at radius 2 is 1.91 bits per heavy atom. The van der Waals surface area contributed by atoms with Gasteiger partial charge >= 0.3 is 0 Å². The van der Waals surface area contributed by atoms with Gasteiger partial charge in [0, 0.05) is 31.0 Å². The van der Waals surface area contributed by atoms with Gasteiger partial charge in [0.05, 0.1) is 0 Å². The molecule has 0 unspecified atom stereocenters. The van der Waals surface area contributed by atoms with Gasteiger partial charge in [-0.15, -0.1) is 0 Å². The predicted molar refractivity (Wildman–Crippen MR) is 133 cm³/mol. The largest absolute Gasteiger partial charge is 0.454 e. The number of ether oxygens (including phenoxy) is 2. The van der Waals surface area contributed by atoms with Gasteiger partial charge in [-0.2, -0.15) is 0 Å². The highest BCUT2D eigenvalue weighted by molar-refractivity contribution is 5.89. The smallest absolute Gasteiger partial charge is 0.246 e. The molecule has 0 aromatic heterocycles. The maximum Gasteiger partial charge on any atom is 0.246 e. The van der Waals surface area contributed by atoms with Crippen molar-refractivity contribution in [3.63, 3.8) is 0 Å². The first-order chi connectivity index (χ1) is 16.8. The number of carbonyl (C=O) groups is 2. The highest BCUT2D eigenvalue weighted by atomic mass is 16.7. The van der Waals surface area contributed by atoms with Crippen LogP contribution in [0.4, 0.5) is 0 Å². The highest BCUT2D eigenvalue weighted by Crippen LogP contribution is 2.65. The van der Waals surface area contributed by atoms with Crippen LogP contribution < -0.4 is 14.8 Å². The monoisotopic (exact) mass is 478 g/mol. The third-order valence-corrected chi connectivity index (χ3v) is 10.6. The topological polar surface area (TPSA) is 67.9 Å². The van der Waals surface area contributed by atoms with Crippen LogP contribution in [0.3, 0.4) is 0 Å². The van der Waals surface area contributed by atoms with Gasteiger partial charge in [-0.3, -0.25) is 9.59 Å². The average Bonchev–Trinajstić information content (AvgIpc) is 3.45. The number of nitrogens with one attached hydrogen (secondary N) is 1. The summed E-state index contributed by atoms with van der Waals surface area (Å²) in [6, 6.07) is 6.33. The van der Waals surface area contributed by atoms with Crippen molar-refractivity contribution in [3.8, 4) is 11.5 Å². The summed E-state index contributed by atoms with van der Waals surface area (Å²) in [6.07, 6.45) is 11.5. The van der Waals surface area contributed by atoms with Crippen molar-refractivity contribution in [1.29, 1.82) is 0 Å². The summed E-state index contributed by atoms with van der Waals surface area (Å²) in [4.78, 5) is 27.7. The molecule has 0 bridgehead atoms. The summed E-state index contributed by atoms with van der Waals surface area (Å²) < 4.78 is 10.9. The number of carbonyl (C=O) groups excluding carboxylic acids is 2. The third kappa shape index (κ3) is 3.50. The standard InChI is InChI=1S/C29H38N2O4/c1-28-13-10-21-19(5-9-25-29(21,2)14-11-26(32)31(25)3)20(28)6-7-22(28)27(33)30-15-12-18-4-8-23-24(16-18)35-17-34-23/h4,8,11,14,16,19-22,25H,5-7,9-10,12-13,15,17H2,1-3H3,(H,30,33)/t19-,20-,21-,22+,25+,28-,29+/m0/s1. The number of hydrogen-bond acceptors (Lipinski definition) is 4. The molecule has 2 heterocycles. The van der Waals surface area contributed by atoms with Crippen LogP contribution in [0.15, 0.2) is 30.4 Å². The molecule has 1 aromatic rings. The molecule has 3 fully saturated rings. The number of nitrogens with zero attached hydrogens (tertiary/aromatic N) is 1. The second-order valence-corrected chi connectivity index (χ2v) is 12.0. The molecule has 5 aliphatic rings. The van der Waals surface area contributed by atoms with Gasteiger partial charge in [0.25, 0.3) is 0 Å². The zero-order valence-electron chi connectivity index (χ0n) is 21.2. The fourth-order valence-electron chi connectivity index (χ4n) is 8.72. The molecule has 188 valence electrons. The van der Waals surface area contributed by atoms with Crippen molar-refractivity contribution in [2.24, 2.45) is 34.5 Å². The number of amides is 2. The van der Waals surface area contributed by atoms with Crippen molar-refractivity contribution in [1.82, 2.24) is 10.2 Å². The lowest BCUT2D eigenvalue weighted by Gasteiger charge is -2.60. The van der Waals surface area contributed by atoms with Crippen LogP contribution >= 0.6 is 0 Å². The minimum atomic E-state index is 0.0534. The first-order valence-corrected chi connectivity index (χ1v) is 13.4. The predicted octanol–water partition coefficient (Wildman–Crippen LogP) is 4.33. The maximum atomic E-state index is 13.4. The quantitative estimate of drug-likeness (QED) is 0.700. The van der Waals surface area contributed by atoms with E-state index in [9.17, 15) is 9.59 Å². The maximum absolute atomic E-state index is 13.4. The fraction of sp³-hybridized carbons (Fsp3) is 0.655. The van der Waals surface area contributed by atoms with E-state index in [4.69, 9.17) is 9.47 Å². The molecule has 2 aliphatic heterocycles. The normalized spacial score (nSPS) is 39.1. The molecule has 6 rings (SSSR count). The minimum absolute atomic E-state index is 0.0534. The molecule has 2 amide bonds. The van der Waals surface area contributed by atoms with Crippen LogP contribution in [0.1, 0.15) is 57.9 Å². The molecule has 6 heteroatoms. The Balaban J connectivity index is 1.12. The molecular weight excluding hydrogens is 440 g/mol. The van der Waals surface area contributed by atoms with Gasteiger partial charge in [0.2, 0.25) is 18.6 Å². The molecule has 0 saturated heterocycles. The van der Waals surface area contributed by atoms with Crippen LogP contribution in [0, 0.1) is 34.5 Å². The highest BCUT2D eigenvalue weighted by Gasteiger charge is 2.61. The third-order valence-electron chi connectivity index (χ3n) is 10.6. The van der Waals surface area contributed by atoms with Crippen molar-refractivity contribution < 1.29 is 19.1 Å². The minimum Gasteiger partial charge on any atom is -0.454 e. The Kier molecular flexibility index (Phi) is 5.42. The van der Waals surface area contributed by atoms with E-state index in [0.29, 0.717) is 30.3 Å². The zero-order chi connectivity index (χ0) is 24.4. The van der Waals surface area contributed by atoms with Gasteiger partial charge in [-0.25, -0.2) is 0 Å². The lowest BCUT2D eigenvalue weighted by molar-refractivity contribution is -0.142. The average molecular weight is 479 g/mol. The molecule has 0 radical (unpaired) electrons. The fourth-order valence-corrected chi connectivity index (χ4v) is 8.72. The van der Waals surface area contributed by atoms with E-state index in [1.54, 1.807) is 6.08 Å². The van der Waals surface area contributed by atoms with Crippen molar-refractivity contribution in [2.75, 3.05) is 20.4 Å². The number of rotatable bonds is 4. The molecule has 3 saturated carbocycles. The Labute approximate surface area is 208 Å². The molecule has 35 heavy (non-hydrogen) atoms. The summed E-state index contributed by atoms with van der Waals surface area (Å²) >= 11 is 0. The summed E-state index contributed by atoms with van der Waals surface area (Å²) in [7, 11) is 1.97. The Hall–Kier alpha value is -2.50. The van der Waals surface area contributed by atoms with Gasteiger partial charge in [0.1, 0.15) is 0 Å². The molecule has 7 atom stereocenters. The van der Waals surface area contributed by atoms with Crippen LogP contribution in [0.25, 0.3) is 0 Å². The van der Waals surface area contributed by atoms with Gasteiger partial charge in [-0.1, -0.05) is 26.0 Å². The van der Waals surface area contributed by atoms with E-state index in [-0.39, 0.29) is 35.4 Å². The Bertz CT molecular complexity index is 1070. The van der Waals surface area contributed by atoms with Gasteiger partial charge in [-0.05, 0) is 91.9 Å². The van der Waals surface area contributed by atoms with Crippen molar-refractivity contribution in [2.45, 2.75) is 64.8 Å². The second-order valence-electron chi connectivity index (χ2n) is 12.0. The molecule has 0 spiro atoms. The SMILES string of the molecule is CN1C(=O)C=C[C@]2(C)[C@H]3CC[C@]4(C)[C@@H](C(=O)NCCc5ccc6c(c5)OCO6)CC[C@H]4[C@@H]3CC[C@@H]12. The second kappa shape index (κ2) is 8.28. The molecule has 3 aliphatic carbocycles. The van der Waals surface area contributed by atoms with Crippen molar-refractivity contribution >= 4 is 11.8 Å². The van der Waals surface area contributed by atoms with Crippen LogP contribution in [-0.2, 0) is 16.0 Å². The van der Waals surface area contributed by atoms with E-state index >= 15 is 0 Å². The van der Waals surface area contributed by atoms with Crippen LogP contribution in [0.5, 0.6) is 11.5 Å². The molecule has 6 nitrogen and oxygen atoms in total. The van der Waals surface area contributed by atoms with E-state index in [1.165, 1.54) is 6.42 Å². The van der Waals surface area contributed by atoms with Crippen LogP contribution in [-0.4, -0.2) is 43.1 Å². The van der Waals surface area contributed by atoms with E-state index in [2.05, 4.69) is 31.3 Å². The first-order valence-electron chi connectivity index (χ1n) is 13.4. The molecular formula is C29H38N2O4. The van der Waals surface area contributed by atoms with Gasteiger partial charge in [0.15, 0.2) is 11.5 Å². The van der Waals surface area contributed by atoms with Crippen molar-refractivity contribution in [3.05, 3.63) is 35.9 Å². The molecule has 1 N–H and O–H groups in total. The Morgan fingerprint density at radius 3 is 2.77 bits per heavy atom. The summed E-state index contributed by atoms with van der Waals surface area (Å²) in [6.45, 7) is 5.70. The zero-order valence-corrected chi connectivity index (χ0v) is 21.2. The summed E-state index contributed by atoms with van der Waals surface area (Å²) in [5, 5.41) is 3.27. The number of hydrogen-bond donors (Lipinski definition) is 1. The van der Waals surface area contributed by atoms with E-state index in [1.807, 2.05) is 24.1 Å². The summed E-state index contributed by atoms with van der Waals surface area (Å²) in [5.74, 6) is 3.90. The number of likely N-dealkylation sites (N-methyl/N-ethyl adjacent to an activating group) is 1.